The molecule has 1 aromatic carbocycles. The highest BCUT2D eigenvalue weighted by atomic mass is 16.5. The van der Waals surface area contributed by atoms with Gasteiger partial charge >= 0.3 is 5.97 Å². The Morgan fingerprint density at radius 1 is 0.704 bits per heavy atom. The first-order valence-corrected chi connectivity index (χ1v) is 10.4. The summed E-state index contributed by atoms with van der Waals surface area (Å²) in [5, 5.41) is 0. The summed E-state index contributed by atoms with van der Waals surface area (Å²) < 4.78 is 23.0. The summed E-state index contributed by atoms with van der Waals surface area (Å²) in [7, 11) is 0. The van der Waals surface area contributed by atoms with E-state index >= 15 is 0 Å². The quantitative estimate of drug-likeness (QED) is 0.285. The van der Waals surface area contributed by atoms with Crippen LogP contribution in [0.25, 0.3) is 0 Å². The van der Waals surface area contributed by atoms with Gasteiger partial charge in [-0.1, -0.05) is 47.0 Å². The molecule has 0 aliphatic rings. The number of benzene rings is 1. The summed E-state index contributed by atoms with van der Waals surface area (Å²) in [6.45, 7) is 10.4. The standard InChI is InChI=1S/C22H36O5/c1-5-9-10-11-15-27-22(23)18-16-19(24-12-6-2)21(26-14-8-4)20(17-18)25-13-7-3/h16-17H,5-15H2,1-4H3. The van der Waals surface area contributed by atoms with Gasteiger partial charge in [0.1, 0.15) is 0 Å². The average Bonchev–Trinajstić information content (AvgIpc) is 2.68. The minimum Gasteiger partial charge on any atom is -0.490 e. The van der Waals surface area contributed by atoms with Crippen molar-refractivity contribution in [3.8, 4) is 17.2 Å². The first-order chi connectivity index (χ1) is 13.2. The highest BCUT2D eigenvalue weighted by Gasteiger charge is 2.19. The minimum absolute atomic E-state index is 0.351. The van der Waals surface area contributed by atoms with Gasteiger partial charge in [-0.05, 0) is 37.8 Å². The zero-order valence-corrected chi connectivity index (χ0v) is 17.5. The van der Waals surface area contributed by atoms with E-state index in [2.05, 4.69) is 6.92 Å². The third-order valence-electron chi connectivity index (χ3n) is 3.86. The Bertz CT molecular complexity index is 512. The molecule has 0 spiro atoms. The number of hydrogen-bond donors (Lipinski definition) is 0. The van der Waals surface area contributed by atoms with E-state index in [4.69, 9.17) is 18.9 Å². The molecule has 5 nitrogen and oxygen atoms in total. The smallest absolute Gasteiger partial charge is 0.338 e. The first-order valence-electron chi connectivity index (χ1n) is 10.4. The summed E-state index contributed by atoms with van der Waals surface area (Å²) in [4.78, 5) is 12.5. The number of carbonyl (C=O) groups excluding carboxylic acids is 1. The van der Waals surface area contributed by atoms with Crippen LogP contribution in [0.1, 0.15) is 83.0 Å². The van der Waals surface area contributed by atoms with Crippen LogP contribution < -0.4 is 14.2 Å². The van der Waals surface area contributed by atoms with Gasteiger partial charge in [0, 0.05) is 0 Å². The molecule has 0 aromatic heterocycles. The van der Waals surface area contributed by atoms with Gasteiger partial charge in [-0.3, -0.25) is 0 Å². The van der Waals surface area contributed by atoms with Crippen LogP contribution in [0.4, 0.5) is 0 Å². The molecule has 0 bridgehead atoms. The van der Waals surface area contributed by atoms with E-state index in [1.54, 1.807) is 12.1 Å². The molecular weight excluding hydrogens is 344 g/mol. The van der Waals surface area contributed by atoms with Crippen LogP contribution in [-0.2, 0) is 4.74 Å². The van der Waals surface area contributed by atoms with Crippen molar-refractivity contribution < 1.29 is 23.7 Å². The lowest BCUT2D eigenvalue weighted by atomic mass is 10.1. The topological polar surface area (TPSA) is 54.0 Å². The van der Waals surface area contributed by atoms with Crippen LogP contribution in [0.15, 0.2) is 12.1 Å². The molecule has 0 heterocycles. The molecule has 0 atom stereocenters. The van der Waals surface area contributed by atoms with E-state index in [0.29, 0.717) is 49.2 Å². The SMILES string of the molecule is CCCCCCOC(=O)c1cc(OCCC)c(OCCC)c(OCCC)c1. The van der Waals surface area contributed by atoms with Gasteiger partial charge in [0.15, 0.2) is 11.5 Å². The van der Waals surface area contributed by atoms with E-state index in [-0.39, 0.29) is 5.97 Å². The van der Waals surface area contributed by atoms with E-state index < -0.39 is 0 Å². The molecule has 0 radical (unpaired) electrons. The van der Waals surface area contributed by atoms with Gasteiger partial charge < -0.3 is 18.9 Å². The molecule has 154 valence electrons. The van der Waals surface area contributed by atoms with Crippen LogP contribution in [0.5, 0.6) is 17.2 Å². The average molecular weight is 381 g/mol. The first kappa shape index (κ1) is 23.1. The maximum Gasteiger partial charge on any atom is 0.338 e. The Labute approximate surface area is 164 Å². The molecule has 0 fully saturated rings. The summed E-state index contributed by atoms with van der Waals surface area (Å²) in [6.07, 6.45) is 6.88. The Morgan fingerprint density at radius 2 is 1.26 bits per heavy atom. The van der Waals surface area contributed by atoms with Crippen molar-refractivity contribution in [1.82, 2.24) is 0 Å². The fraction of sp³-hybridized carbons (Fsp3) is 0.682. The molecule has 0 N–H and O–H groups in total. The van der Waals surface area contributed by atoms with Gasteiger partial charge in [0.25, 0.3) is 0 Å². The minimum atomic E-state index is -0.351. The molecule has 1 rings (SSSR count). The number of rotatable bonds is 15. The van der Waals surface area contributed by atoms with Crippen LogP contribution in [0.2, 0.25) is 0 Å². The van der Waals surface area contributed by atoms with Gasteiger partial charge in [0.05, 0.1) is 32.0 Å². The van der Waals surface area contributed by atoms with E-state index in [1.807, 2.05) is 20.8 Å². The number of ether oxygens (including phenoxy) is 4. The lowest BCUT2D eigenvalue weighted by Crippen LogP contribution is -2.10. The summed E-state index contributed by atoms with van der Waals surface area (Å²) in [6, 6.07) is 3.40. The predicted octanol–water partition coefficient (Wildman–Crippen LogP) is 5.79. The summed E-state index contributed by atoms with van der Waals surface area (Å²) >= 11 is 0. The molecule has 1 aromatic rings. The van der Waals surface area contributed by atoms with Crippen molar-refractivity contribution in [3.05, 3.63) is 17.7 Å². The normalized spacial score (nSPS) is 10.5. The Balaban J connectivity index is 2.99. The summed E-state index contributed by atoms with van der Waals surface area (Å²) in [5.41, 5.74) is 0.437. The Hall–Kier alpha value is -1.91. The number of esters is 1. The Kier molecular flexibility index (Phi) is 12.2. The van der Waals surface area contributed by atoms with E-state index in [1.165, 1.54) is 0 Å². The van der Waals surface area contributed by atoms with Crippen molar-refractivity contribution >= 4 is 5.97 Å². The highest BCUT2D eigenvalue weighted by Crippen LogP contribution is 2.39. The van der Waals surface area contributed by atoms with Crippen molar-refractivity contribution in [2.45, 2.75) is 72.6 Å². The third kappa shape index (κ3) is 8.55. The van der Waals surface area contributed by atoms with Crippen LogP contribution >= 0.6 is 0 Å². The molecule has 27 heavy (non-hydrogen) atoms. The number of carbonyl (C=O) groups is 1. The monoisotopic (exact) mass is 380 g/mol. The number of unbranched alkanes of at least 4 members (excludes halogenated alkanes) is 3. The molecule has 0 saturated carbocycles. The maximum atomic E-state index is 12.5. The predicted molar refractivity (Wildman–Crippen MR) is 108 cm³/mol. The van der Waals surface area contributed by atoms with Crippen molar-refractivity contribution in [1.29, 1.82) is 0 Å². The van der Waals surface area contributed by atoms with E-state index in [9.17, 15) is 4.79 Å². The Morgan fingerprint density at radius 3 is 1.78 bits per heavy atom. The fourth-order valence-electron chi connectivity index (χ4n) is 2.46. The van der Waals surface area contributed by atoms with Crippen LogP contribution in [0.3, 0.4) is 0 Å². The largest absolute Gasteiger partial charge is 0.490 e. The van der Waals surface area contributed by atoms with Gasteiger partial charge in [-0.2, -0.15) is 0 Å². The molecule has 0 aliphatic carbocycles. The molecule has 0 amide bonds. The molecular formula is C22H36O5. The number of hydrogen-bond acceptors (Lipinski definition) is 5. The lowest BCUT2D eigenvalue weighted by molar-refractivity contribution is 0.0496. The second kappa shape index (κ2) is 14.2. The van der Waals surface area contributed by atoms with E-state index in [0.717, 1.165) is 44.9 Å². The van der Waals surface area contributed by atoms with Gasteiger partial charge in [-0.25, -0.2) is 4.79 Å². The zero-order chi connectivity index (χ0) is 19.9. The molecule has 0 saturated heterocycles. The van der Waals surface area contributed by atoms with Gasteiger partial charge in [0.2, 0.25) is 5.75 Å². The van der Waals surface area contributed by atoms with Crippen molar-refractivity contribution in [3.63, 3.8) is 0 Å². The lowest BCUT2D eigenvalue weighted by Gasteiger charge is -2.18. The highest BCUT2D eigenvalue weighted by molar-refractivity contribution is 5.91. The second-order valence-corrected chi connectivity index (χ2v) is 6.54. The van der Waals surface area contributed by atoms with Crippen molar-refractivity contribution in [2.24, 2.45) is 0 Å². The molecule has 0 unspecified atom stereocenters. The fourth-order valence-corrected chi connectivity index (χ4v) is 2.46. The second-order valence-electron chi connectivity index (χ2n) is 6.54. The maximum absolute atomic E-state index is 12.5. The van der Waals surface area contributed by atoms with Crippen LogP contribution in [-0.4, -0.2) is 32.4 Å². The zero-order valence-electron chi connectivity index (χ0n) is 17.5. The molecule has 5 heteroatoms. The van der Waals surface area contributed by atoms with Crippen LogP contribution in [0, 0.1) is 0 Å². The summed E-state index contributed by atoms with van der Waals surface area (Å²) in [5.74, 6) is 1.29. The third-order valence-corrected chi connectivity index (χ3v) is 3.86. The van der Waals surface area contributed by atoms with Gasteiger partial charge in [-0.15, -0.1) is 0 Å². The van der Waals surface area contributed by atoms with Crippen molar-refractivity contribution in [2.75, 3.05) is 26.4 Å². The molecule has 0 aliphatic heterocycles.